The van der Waals surface area contributed by atoms with Gasteiger partial charge in [-0.15, -0.1) is 0 Å². The summed E-state index contributed by atoms with van der Waals surface area (Å²) in [4.78, 5) is 14.6. The Morgan fingerprint density at radius 1 is 0.544 bits per heavy atom. The van der Waals surface area contributed by atoms with Gasteiger partial charge in [-0.05, 0) is 112 Å². The zero-order valence-electron chi connectivity index (χ0n) is 47.1. The molecule has 17 nitrogen and oxygen atoms in total. The maximum atomic E-state index is 14.6. The number of hydrogen-bond acceptors (Lipinski definition) is 17. The van der Waals surface area contributed by atoms with E-state index in [2.05, 4.69) is 40.9 Å². The molecule has 14 aliphatic heterocycles. The fourth-order valence-electron chi connectivity index (χ4n) is 19.7. The first-order valence-corrected chi connectivity index (χ1v) is 31.5. The van der Waals surface area contributed by atoms with Gasteiger partial charge < -0.3 is 76.9 Å². The molecule has 0 aromatic rings. The minimum Gasteiger partial charge on any atom is -0.459 e. The minimum atomic E-state index is -0.988. The summed E-state index contributed by atoms with van der Waals surface area (Å²) >= 11 is 0. The van der Waals surface area contributed by atoms with Crippen LogP contribution in [0, 0.1) is 35.5 Å². The van der Waals surface area contributed by atoms with Crippen molar-refractivity contribution in [1.29, 1.82) is 0 Å². The fraction of sp³-hybridized carbons (Fsp3) is 0.919. The van der Waals surface area contributed by atoms with Crippen LogP contribution >= 0.6 is 0 Å². The number of fused-ring (bicyclic) bond motifs is 10. The van der Waals surface area contributed by atoms with Crippen LogP contribution in [0.1, 0.15) is 156 Å². The third kappa shape index (κ3) is 9.45. The molecule has 79 heavy (non-hydrogen) atoms. The molecule has 440 valence electrons. The molecule has 2 unspecified atom stereocenters. The standard InChI is InChI=1S/C62H90O17/c1-28-13-36-7-9-41-29(2)14-38(67-41)11-12-60-24-39-49(25-60)73-58-56(39)71-42-10-8-37(69-57(42)59(58)78-60)16-51(66)75-55-33(6)54-47(70-46(55)17-43(68-36)32(28)5)19-45-50(74-54)26-62(77-45)23-34-22-61(20-30(3)52(34)79-62)21-31(4)53-48(76-61)18-44(72-53)40(65)15-35(64)27-63/h28,30-31,33-50,52-59,63-65H,2,5,7-27H2,1,3-4,6H3/t28-,30+,31+,33+,34+,35+,36+,37-,38+,39+,40-,41?,42+,43?,44+,45-,46+,47+,48+,49-,50-,52+,53+,54+,55-,56+,57+,58-,59+,60-,61-,62-/m1/s1. The highest BCUT2D eigenvalue weighted by atomic mass is 16.7. The quantitative estimate of drug-likeness (QED) is 0.211. The van der Waals surface area contributed by atoms with Gasteiger partial charge >= 0.3 is 5.97 Å². The summed E-state index contributed by atoms with van der Waals surface area (Å²) in [7, 11) is 0. The van der Waals surface area contributed by atoms with Crippen LogP contribution in [0.3, 0.4) is 0 Å². The molecule has 17 heteroatoms. The molecular weight excluding hydrogens is 1020 g/mol. The number of rotatable bonds is 4. The number of esters is 1. The summed E-state index contributed by atoms with van der Waals surface area (Å²) in [5.74, 6) is -0.0588. The molecule has 3 spiro atoms. The van der Waals surface area contributed by atoms with Gasteiger partial charge in [0, 0.05) is 56.8 Å². The van der Waals surface area contributed by atoms with Crippen LogP contribution in [0.25, 0.3) is 0 Å². The molecule has 0 aromatic carbocycles. The van der Waals surface area contributed by atoms with Crippen molar-refractivity contribution in [3.63, 3.8) is 0 Å². The van der Waals surface area contributed by atoms with Crippen molar-refractivity contribution in [2.24, 2.45) is 35.5 Å². The van der Waals surface area contributed by atoms with Crippen LogP contribution in [0.4, 0.5) is 0 Å². The van der Waals surface area contributed by atoms with Crippen molar-refractivity contribution < 1.29 is 81.7 Å². The zero-order chi connectivity index (χ0) is 54.0. The number of hydrogen-bond donors (Lipinski definition) is 3. The van der Waals surface area contributed by atoms with E-state index in [1.165, 1.54) is 5.57 Å². The fourth-order valence-corrected chi connectivity index (χ4v) is 19.7. The van der Waals surface area contributed by atoms with Crippen LogP contribution in [0.2, 0.25) is 0 Å². The predicted octanol–water partition coefficient (Wildman–Crippen LogP) is 6.25. The van der Waals surface area contributed by atoms with Gasteiger partial charge in [-0.25, -0.2) is 0 Å². The Hall–Kier alpha value is -1.65. The normalized spacial score (nSPS) is 57.2. The van der Waals surface area contributed by atoms with Gasteiger partial charge in [0.15, 0.2) is 5.79 Å². The van der Waals surface area contributed by atoms with Gasteiger partial charge in [-0.1, -0.05) is 40.9 Å². The van der Waals surface area contributed by atoms with Crippen LogP contribution in [0.15, 0.2) is 24.3 Å². The van der Waals surface area contributed by atoms with E-state index in [9.17, 15) is 20.1 Å². The van der Waals surface area contributed by atoms with Gasteiger partial charge in [-0.3, -0.25) is 4.79 Å². The van der Waals surface area contributed by atoms with E-state index in [1.54, 1.807) is 0 Å². The molecule has 0 amide bonds. The molecule has 14 saturated heterocycles. The first-order valence-electron chi connectivity index (χ1n) is 31.5. The summed E-state index contributed by atoms with van der Waals surface area (Å²) in [5.41, 5.74) is 1.56. The third-order valence-corrected chi connectivity index (χ3v) is 23.2. The highest BCUT2D eigenvalue weighted by Crippen LogP contribution is 2.60. The Bertz CT molecular complexity index is 2340. The van der Waals surface area contributed by atoms with E-state index in [1.807, 2.05) is 0 Å². The SMILES string of the molecule is C=C1C[C@@H]2CC[C@]34C[C@@H]5[C@@H]6O[C@H]7CC[C@H](CC(=O)O[C@@H]8[C@@H](C)[C@@H]9O[C@@H]%10C[C@]%11(C[C@@H]%12C[C@@]%13(C[C@H](C)[C@@H]%12O%11)C[C@H](C)[C@@H]%11O[C@H]([C@H](O)C[C@H](O)CO)C[C@@H]%11O%13)O[C@@H]%10C[C@@H]9O[C@H]8CC8O[C@@H](CCC1O2)C[C@@H](C)C8=C)O[C@@H]7[C@H](O3)[C@@H]6O[C@@H]5C4. The summed E-state index contributed by atoms with van der Waals surface area (Å²) < 4.78 is 90.9. The summed E-state index contributed by atoms with van der Waals surface area (Å²) in [5, 5.41) is 30.4. The van der Waals surface area contributed by atoms with Crippen molar-refractivity contribution in [3.8, 4) is 0 Å². The first kappa shape index (κ1) is 54.0. The summed E-state index contributed by atoms with van der Waals surface area (Å²) in [6.07, 6.45) is 8.28. The summed E-state index contributed by atoms with van der Waals surface area (Å²) in [6, 6.07) is 0. The average Bonchev–Trinajstić information content (AvgIpc) is 3.95. The van der Waals surface area contributed by atoms with E-state index in [0.29, 0.717) is 38.0 Å². The smallest absolute Gasteiger partial charge is 0.308 e. The number of carbonyl (C=O) groups excluding carboxylic acids is 1. The van der Waals surface area contributed by atoms with Crippen molar-refractivity contribution in [2.45, 2.75) is 313 Å². The van der Waals surface area contributed by atoms with Crippen molar-refractivity contribution >= 4 is 5.97 Å². The van der Waals surface area contributed by atoms with Crippen LogP contribution in [0.5, 0.6) is 0 Å². The second-order valence-corrected chi connectivity index (χ2v) is 28.7. The predicted molar refractivity (Wildman–Crippen MR) is 280 cm³/mol. The lowest BCUT2D eigenvalue weighted by molar-refractivity contribution is -0.278. The number of carbonyl (C=O) groups is 1. The molecule has 16 rings (SSSR count). The van der Waals surface area contributed by atoms with E-state index in [-0.39, 0.29) is 169 Å². The number of aliphatic hydroxyl groups is 3. The van der Waals surface area contributed by atoms with E-state index in [0.717, 1.165) is 89.0 Å². The lowest BCUT2D eigenvalue weighted by Gasteiger charge is -2.51. The Balaban J connectivity index is 0.655. The van der Waals surface area contributed by atoms with Crippen molar-refractivity contribution in [3.05, 3.63) is 24.3 Å². The lowest BCUT2D eigenvalue weighted by Crippen LogP contribution is -2.61. The number of aliphatic hydroxyl groups excluding tert-OH is 3. The zero-order valence-corrected chi connectivity index (χ0v) is 47.1. The Morgan fingerprint density at radius 2 is 1.32 bits per heavy atom. The van der Waals surface area contributed by atoms with Crippen molar-refractivity contribution in [1.82, 2.24) is 0 Å². The van der Waals surface area contributed by atoms with Gasteiger partial charge in [0.05, 0.1) is 140 Å². The largest absolute Gasteiger partial charge is 0.459 e. The van der Waals surface area contributed by atoms with Gasteiger partial charge in [0.2, 0.25) is 0 Å². The highest BCUT2D eigenvalue weighted by molar-refractivity contribution is 5.70. The maximum Gasteiger partial charge on any atom is 0.308 e. The van der Waals surface area contributed by atoms with E-state index < -0.39 is 42.9 Å². The average molecular weight is 1110 g/mol. The monoisotopic (exact) mass is 1110 g/mol. The topological polar surface area (TPSA) is 198 Å². The summed E-state index contributed by atoms with van der Waals surface area (Å²) in [6.45, 7) is 17.7. The van der Waals surface area contributed by atoms with Crippen molar-refractivity contribution in [2.75, 3.05) is 6.61 Å². The molecular formula is C62H90O17. The van der Waals surface area contributed by atoms with E-state index >= 15 is 0 Å². The molecule has 0 radical (unpaired) electrons. The van der Waals surface area contributed by atoms with Crippen LogP contribution < -0.4 is 0 Å². The second kappa shape index (κ2) is 20.2. The molecule has 3 N–H and O–H groups in total. The molecule has 32 atom stereocenters. The van der Waals surface area contributed by atoms with Crippen LogP contribution in [-0.2, 0) is 66.4 Å². The Labute approximate surface area is 466 Å². The Kier molecular flexibility index (Phi) is 13.8. The lowest BCUT2D eigenvalue weighted by atomic mass is 9.66. The molecule has 12 bridgehead atoms. The second-order valence-electron chi connectivity index (χ2n) is 28.7. The molecule has 2 aliphatic carbocycles. The highest BCUT2D eigenvalue weighted by Gasteiger charge is 2.69. The van der Waals surface area contributed by atoms with Gasteiger partial charge in [0.1, 0.15) is 24.4 Å². The minimum absolute atomic E-state index is 0.00197. The maximum absolute atomic E-state index is 14.6. The third-order valence-electron chi connectivity index (χ3n) is 23.2. The van der Waals surface area contributed by atoms with Gasteiger partial charge in [0.25, 0.3) is 0 Å². The Morgan fingerprint density at radius 3 is 2.16 bits per heavy atom. The van der Waals surface area contributed by atoms with Crippen LogP contribution in [-0.4, -0.2) is 185 Å². The first-order chi connectivity index (χ1) is 38.0. The number of ether oxygens (including phenoxy) is 13. The molecule has 2 saturated carbocycles. The molecule has 0 aromatic heterocycles. The van der Waals surface area contributed by atoms with Gasteiger partial charge in [-0.2, -0.15) is 0 Å². The molecule has 16 aliphatic rings. The van der Waals surface area contributed by atoms with E-state index in [4.69, 9.17) is 61.6 Å². The molecule has 16 fully saturated rings. The molecule has 14 heterocycles.